The summed E-state index contributed by atoms with van der Waals surface area (Å²) in [6, 6.07) is 6.06. The number of nitrogens with one attached hydrogen (secondary N) is 1. The summed E-state index contributed by atoms with van der Waals surface area (Å²) in [5.74, 6) is -0.0786. The molecule has 0 spiro atoms. The summed E-state index contributed by atoms with van der Waals surface area (Å²) in [6.45, 7) is 7.67. The number of benzene rings is 1. The van der Waals surface area contributed by atoms with Crippen molar-refractivity contribution in [2.45, 2.75) is 32.7 Å². The van der Waals surface area contributed by atoms with Crippen molar-refractivity contribution >= 4 is 0 Å². The van der Waals surface area contributed by atoms with Gasteiger partial charge in [0.05, 0.1) is 12.2 Å². The van der Waals surface area contributed by atoms with Gasteiger partial charge in [-0.15, -0.1) is 0 Å². The maximum Gasteiger partial charge on any atom is 0.144 e. The van der Waals surface area contributed by atoms with Crippen molar-refractivity contribution in [3.63, 3.8) is 0 Å². The van der Waals surface area contributed by atoms with Gasteiger partial charge in [0.15, 0.2) is 0 Å². The molecule has 0 unspecified atom stereocenters. The minimum absolute atomic E-state index is 0.0387. The number of halogens is 1. The van der Waals surface area contributed by atoms with Crippen LogP contribution < -0.4 is 10.1 Å². The highest BCUT2D eigenvalue weighted by atomic mass is 19.1. The molecule has 0 radical (unpaired) electrons. The molecule has 0 atom stereocenters. The Hall–Kier alpha value is -1.60. The van der Waals surface area contributed by atoms with Crippen LogP contribution in [-0.4, -0.2) is 18.7 Å². The molecule has 1 aromatic carbocycles. The first kappa shape index (κ1) is 14.5. The molecule has 0 bridgehead atoms. The fourth-order valence-corrected chi connectivity index (χ4v) is 1.40. The second-order valence-electron chi connectivity index (χ2n) is 5.13. The molecule has 0 aromatic heterocycles. The third-order valence-electron chi connectivity index (χ3n) is 2.31. The predicted octanol–water partition coefficient (Wildman–Crippen LogP) is 2.85. The number of rotatable bonds is 5. The first-order chi connectivity index (χ1) is 8.42. The smallest absolute Gasteiger partial charge is 0.144 e. The highest BCUT2D eigenvalue weighted by molar-refractivity contribution is 5.36. The Balaban J connectivity index is 2.32. The Morgan fingerprint density at radius 1 is 1.39 bits per heavy atom. The standard InChI is InChI=1S/C14H19FN2O/c1-14(2,3)17-7-4-8-18-12-6-5-11(10-16)13(15)9-12/h5-6,9,17H,4,7-8H2,1-3H3. The zero-order chi connectivity index (χ0) is 13.6. The lowest BCUT2D eigenvalue weighted by molar-refractivity contribution is 0.297. The first-order valence-corrected chi connectivity index (χ1v) is 6.00. The van der Waals surface area contributed by atoms with Crippen LogP contribution in [0, 0.1) is 17.1 Å². The second kappa shape index (κ2) is 6.36. The van der Waals surface area contributed by atoms with Gasteiger partial charge in [0.2, 0.25) is 0 Å². The Morgan fingerprint density at radius 2 is 2.11 bits per heavy atom. The minimum Gasteiger partial charge on any atom is -0.493 e. The lowest BCUT2D eigenvalue weighted by atomic mass is 10.1. The zero-order valence-corrected chi connectivity index (χ0v) is 11.1. The molecule has 1 rings (SSSR count). The molecular weight excluding hydrogens is 231 g/mol. The van der Waals surface area contributed by atoms with Crippen molar-refractivity contribution in [3.05, 3.63) is 29.6 Å². The van der Waals surface area contributed by atoms with E-state index in [9.17, 15) is 4.39 Å². The van der Waals surface area contributed by atoms with Crippen molar-refractivity contribution in [2.75, 3.05) is 13.2 Å². The molecule has 0 fully saturated rings. The van der Waals surface area contributed by atoms with Gasteiger partial charge >= 0.3 is 0 Å². The highest BCUT2D eigenvalue weighted by Crippen LogP contribution is 2.16. The Morgan fingerprint density at radius 3 is 2.67 bits per heavy atom. The van der Waals surface area contributed by atoms with E-state index < -0.39 is 5.82 Å². The molecular formula is C14H19FN2O. The highest BCUT2D eigenvalue weighted by Gasteiger charge is 2.07. The Bertz CT molecular complexity index is 432. The van der Waals surface area contributed by atoms with E-state index >= 15 is 0 Å². The third kappa shape index (κ3) is 5.15. The van der Waals surface area contributed by atoms with Crippen LogP contribution in [0.3, 0.4) is 0 Å². The monoisotopic (exact) mass is 250 g/mol. The van der Waals surface area contributed by atoms with Crippen molar-refractivity contribution in [1.29, 1.82) is 5.26 Å². The number of hydrogen-bond donors (Lipinski definition) is 1. The molecule has 0 aliphatic carbocycles. The first-order valence-electron chi connectivity index (χ1n) is 6.00. The summed E-state index contributed by atoms with van der Waals surface area (Å²) >= 11 is 0. The van der Waals surface area contributed by atoms with Crippen molar-refractivity contribution in [2.24, 2.45) is 0 Å². The van der Waals surface area contributed by atoms with E-state index in [-0.39, 0.29) is 11.1 Å². The minimum atomic E-state index is -0.539. The SMILES string of the molecule is CC(C)(C)NCCCOc1ccc(C#N)c(F)c1. The predicted molar refractivity (Wildman–Crippen MR) is 69.0 cm³/mol. The van der Waals surface area contributed by atoms with Crippen LogP contribution in [0.15, 0.2) is 18.2 Å². The maximum absolute atomic E-state index is 13.3. The number of hydrogen-bond acceptors (Lipinski definition) is 3. The van der Waals surface area contributed by atoms with Gasteiger partial charge in [-0.3, -0.25) is 0 Å². The average molecular weight is 250 g/mol. The number of nitrogens with zero attached hydrogens (tertiary/aromatic N) is 1. The average Bonchev–Trinajstić information content (AvgIpc) is 2.27. The molecule has 3 nitrogen and oxygen atoms in total. The lowest BCUT2D eigenvalue weighted by Crippen LogP contribution is -2.36. The van der Waals surface area contributed by atoms with Gasteiger partial charge in [-0.25, -0.2) is 4.39 Å². The van der Waals surface area contributed by atoms with E-state index in [2.05, 4.69) is 26.1 Å². The lowest BCUT2D eigenvalue weighted by Gasteiger charge is -2.20. The second-order valence-corrected chi connectivity index (χ2v) is 5.13. The molecule has 1 aromatic rings. The van der Waals surface area contributed by atoms with Crippen LogP contribution >= 0.6 is 0 Å². The van der Waals surface area contributed by atoms with Gasteiger partial charge < -0.3 is 10.1 Å². The number of nitriles is 1. The van der Waals surface area contributed by atoms with Crippen LogP contribution in [0.5, 0.6) is 5.75 Å². The zero-order valence-electron chi connectivity index (χ0n) is 11.1. The molecule has 4 heteroatoms. The van der Waals surface area contributed by atoms with Crippen molar-refractivity contribution in [1.82, 2.24) is 5.32 Å². The topological polar surface area (TPSA) is 45.0 Å². The van der Waals surface area contributed by atoms with Crippen LogP contribution in [0.1, 0.15) is 32.8 Å². The summed E-state index contributed by atoms with van der Waals surface area (Å²) in [5.41, 5.74) is 0.136. The molecule has 18 heavy (non-hydrogen) atoms. The van der Waals surface area contributed by atoms with E-state index in [4.69, 9.17) is 10.00 Å². The van der Waals surface area contributed by atoms with E-state index in [0.717, 1.165) is 13.0 Å². The molecule has 0 aliphatic rings. The van der Waals surface area contributed by atoms with E-state index in [0.29, 0.717) is 12.4 Å². The van der Waals surface area contributed by atoms with Crippen molar-refractivity contribution in [3.8, 4) is 11.8 Å². The van der Waals surface area contributed by atoms with E-state index in [1.54, 1.807) is 12.1 Å². The Labute approximate surface area is 108 Å². The normalized spacial score (nSPS) is 11.1. The third-order valence-corrected chi connectivity index (χ3v) is 2.31. The molecule has 0 saturated carbocycles. The van der Waals surface area contributed by atoms with Gasteiger partial charge in [0, 0.05) is 11.6 Å². The fourth-order valence-electron chi connectivity index (χ4n) is 1.40. The van der Waals surface area contributed by atoms with Gasteiger partial charge in [-0.1, -0.05) is 0 Å². The van der Waals surface area contributed by atoms with E-state index in [1.807, 2.05) is 0 Å². The van der Waals surface area contributed by atoms with E-state index in [1.165, 1.54) is 12.1 Å². The summed E-state index contributed by atoms with van der Waals surface area (Å²) in [5, 5.41) is 11.9. The fraction of sp³-hybridized carbons (Fsp3) is 0.500. The van der Waals surface area contributed by atoms with Crippen molar-refractivity contribution < 1.29 is 9.13 Å². The quantitative estimate of drug-likeness (QED) is 0.817. The van der Waals surface area contributed by atoms with Gasteiger partial charge in [0.1, 0.15) is 17.6 Å². The summed E-state index contributed by atoms with van der Waals surface area (Å²) in [4.78, 5) is 0. The van der Waals surface area contributed by atoms with Crippen LogP contribution in [0.2, 0.25) is 0 Å². The molecule has 0 heterocycles. The summed E-state index contributed by atoms with van der Waals surface area (Å²) < 4.78 is 18.7. The summed E-state index contributed by atoms with van der Waals surface area (Å²) in [7, 11) is 0. The van der Waals surface area contributed by atoms with Crippen LogP contribution in [0.25, 0.3) is 0 Å². The van der Waals surface area contributed by atoms with Gasteiger partial charge in [0.25, 0.3) is 0 Å². The molecule has 0 aliphatic heterocycles. The molecule has 0 amide bonds. The molecule has 98 valence electrons. The van der Waals surface area contributed by atoms with Crippen LogP contribution in [0.4, 0.5) is 4.39 Å². The molecule has 1 N–H and O–H groups in total. The van der Waals surface area contributed by atoms with Crippen LogP contribution in [-0.2, 0) is 0 Å². The maximum atomic E-state index is 13.3. The van der Waals surface area contributed by atoms with Gasteiger partial charge in [-0.05, 0) is 45.9 Å². The molecule has 0 saturated heterocycles. The Kier molecular flexibility index (Phi) is 5.11. The summed E-state index contributed by atoms with van der Waals surface area (Å²) in [6.07, 6.45) is 0.846. The largest absolute Gasteiger partial charge is 0.493 e. The van der Waals surface area contributed by atoms with Gasteiger partial charge in [-0.2, -0.15) is 5.26 Å². The number of ether oxygens (including phenoxy) is 1.